The fourth-order valence-electron chi connectivity index (χ4n) is 4.93. The highest BCUT2D eigenvalue weighted by molar-refractivity contribution is 6.31. The van der Waals surface area contributed by atoms with Crippen molar-refractivity contribution in [3.05, 3.63) is 52.6 Å². The lowest BCUT2D eigenvalue weighted by atomic mass is 9.93. The van der Waals surface area contributed by atoms with Gasteiger partial charge in [0.2, 0.25) is 5.91 Å². The number of nitrogens with zero attached hydrogens (tertiary/aromatic N) is 3. The molecule has 1 unspecified atom stereocenters. The van der Waals surface area contributed by atoms with Crippen LogP contribution in [0.2, 0.25) is 5.02 Å². The molecule has 4 rings (SSSR count). The molecule has 0 spiro atoms. The van der Waals surface area contributed by atoms with E-state index in [2.05, 4.69) is 15.6 Å². The molecule has 0 radical (unpaired) electrons. The molecule has 3 amide bonds. The van der Waals surface area contributed by atoms with Gasteiger partial charge in [0.15, 0.2) is 5.69 Å². The molecule has 1 aliphatic heterocycles. The van der Waals surface area contributed by atoms with Gasteiger partial charge in [-0.15, -0.1) is 0 Å². The van der Waals surface area contributed by atoms with Crippen molar-refractivity contribution < 1.29 is 14.4 Å². The van der Waals surface area contributed by atoms with Crippen molar-refractivity contribution in [1.82, 2.24) is 25.1 Å². The topological polar surface area (TPSA) is 96.3 Å². The van der Waals surface area contributed by atoms with Gasteiger partial charge in [-0.25, -0.2) is 4.98 Å². The molecule has 1 fully saturated rings. The lowest BCUT2D eigenvalue weighted by Gasteiger charge is -2.44. The SMILES string of the molecule is CCCN1C(=O)c2c(C(=O)NCCc3ccccc3Cl)ncn2CC1(C)C(=O)NC1CCCC1. The summed E-state index contributed by atoms with van der Waals surface area (Å²) in [5.41, 5.74) is 0.213. The van der Waals surface area contributed by atoms with E-state index in [0.717, 1.165) is 31.2 Å². The quantitative estimate of drug-likeness (QED) is 0.600. The molecule has 2 heterocycles. The minimum atomic E-state index is -1.04. The molecule has 0 bridgehead atoms. The predicted octanol–water partition coefficient (Wildman–Crippen LogP) is 3.19. The highest BCUT2D eigenvalue weighted by Gasteiger charge is 2.48. The molecule has 1 aromatic carbocycles. The summed E-state index contributed by atoms with van der Waals surface area (Å²) >= 11 is 6.19. The number of carbonyl (C=O) groups excluding carboxylic acids is 3. The van der Waals surface area contributed by atoms with Crippen LogP contribution in [0.15, 0.2) is 30.6 Å². The first kappa shape index (κ1) is 24.3. The van der Waals surface area contributed by atoms with Gasteiger partial charge >= 0.3 is 0 Å². The van der Waals surface area contributed by atoms with Gasteiger partial charge in [-0.3, -0.25) is 14.4 Å². The summed E-state index contributed by atoms with van der Waals surface area (Å²) in [5, 5.41) is 6.65. The van der Waals surface area contributed by atoms with Gasteiger partial charge < -0.3 is 20.1 Å². The number of nitrogens with one attached hydrogen (secondary N) is 2. The van der Waals surface area contributed by atoms with E-state index in [-0.39, 0.29) is 35.8 Å². The summed E-state index contributed by atoms with van der Waals surface area (Å²) in [7, 11) is 0. The summed E-state index contributed by atoms with van der Waals surface area (Å²) in [5.74, 6) is -0.901. The third kappa shape index (κ3) is 4.69. The van der Waals surface area contributed by atoms with Crippen LogP contribution in [-0.2, 0) is 17.8 Å². The fraction of sp³-hybridized carbons (Fsp3) is 0.520. The highest BCUT2D eigenvalue weighted by atomic mass is 35.5. The van der Waals surface area contributed by atoms with Gasteiger partial charge in [-0.05, 0) is 44.2 Å². The minimum absolute atomic E-state index is 0.0866. The van der Waals surface area contributed by atoms with E-state index >= 15 is 0 Å². The first-order valence-corrected chi connectivity index (χ1v) is 12.4. The number of rotatable bonds is 8. The number of fused-ring (bicyclic) bond motifs is 1. The summed E-state index contributed by atoms with van der Waals surface area (Å²) in [4.78, 5) is 45.7. The second-order valence-electron chi connectivity index (χ2n) is 9.35. The average molecular weight is 486 g/mol. The lowest BCUT2D eigenvalue weighted by Crippen LogP contribution is -2.65. The Labute approximate surface area is 205 Å². The van der Waals surface area contributed by atoms with Crippen molar-refractivity contribution in [2.24, 2.45) is 0 Å². The molecule has 1 aliphatic carbocycles. The highest BCUT2D eigenvalue weighted by Crippen LogP contribution is 2.30. The number of hydrogen-bond acceptors (Lipinski definition) is 4. The van der Waals surface area contributed by atoms with Crippen LogP contribution in [0.4, 0.5) is 0 Å². The Balaban J connectivity index is 1.51. The third-order valence-electron chi connectivity index (χ3n) is 6.84. The largest absolute Gasteiger partial charge is 0.351 e. The van der Waals surface area contributed by atoms with Crippen LogP contribution >= 0.6 is 11.6 Å². The van der Waals surface area contributed by atoms with Crippen LogP contribution in [0, 0.1) is 0 Å². The Morgan fingerprint density at radius 1 is 1.24 bits per heavy atom. The first-order chi connectivity index (χ1) is 16.3. The average Bonchev–Trinajstić information content (AvgIpc) is 3.47. The van der Waals surface area contributed by atoms with Crippen LogP contribution < -0.4 is 10.6 Å². The summed E-state index contributed by atoms with van der Waals surface area (Å²) in [6, 6.07) is 7.64. The Morgan fingerprint density at radius 3 is 2.68 bits per heavy atom. The molecule has 9 heteroatoms. The molecule has 34 heavy (non-hydrogen) atoms. The molecular formula is C25H32ClN5O3. The number of imidazole rings is 1. The maximum atomic E-state index is 13.6. The second kappa shape index (κ2) is 10.2. The van der Waals surface area contributed by atoms with E-state index in [4.69, 9.17) is 11.6 Å². The number of hydrogen-bond donors (Lipinski definition) is 2. The van der Waals surface area contributed by atoms with Gasteiger partial charge in [0.05, 0.1) is 12.9 Å². The van der Waals surface area contributed by atoms with Gasteiger partial charge in [0, 0.05) is 24.2 Å². The Bertz CT molecular complexity index is 1080. The Hall–Kier alpha value is -2.87. The molecule has 0 saturated heterocycles. The van der Waals surface area contributed by atoms with Crippen LogP contribution in [0.3, 0.4) is 0 Å². The van der Waals surface area contributed by atoms with Gasteiger partial charge in [-0.1, -0.05) is 49.6 Å². The molecule has 1 aromatic heterocycles. The van der Waals surface area contributed by atoms with Crippen molar-refractivity contribution in [2.45, 2.75) is 70.5 Å². The normalized spacial score (nSPS) is 20.3. The number of amides is 3. The lowest BCUT2D eigenvalue weighted by molar-refractivity contribution is -0.133. The van der Waals surface area contributed by atoms with Crippen LogP contribution in [0.5, 0.6) is 0 Å². The van der Waals surface area contributed by atoms with Crippen molar-refractivity contribution in [3.8, 4) is 0 Å². The van der Waals surface area contributed by atoms with Crippen LogP contribution in [0.1, 0.15) is 72.5 Å². The molecule has 2 N–H and O–H groups in total. The maximum Gasteiger partial charge on any atom is 0.273 e. The van der Waals surface area contributed by atoms with Crippen molar-refractivity contribution in [1.29, 1.82) is 0 Å². The van der Waals surface area contributed by atoms with Gasteiger partial charge in [-0.2, -0.15) is 0 Å². The predicted molar refractivity (Wildman–Crippen MR) is 130 cm³/mol. The molecule has 2 aromatic rings. The van der Waals surface area contributed by atoms with E-state index in [9.17, 15) is 14.4 Å². The molecule has 1 atom stereocenters. The van der Waals surface area contributed by atoms with Crippen molar-refractivity contribution >= 4 is 29.3 Å². The fourth-order valence-corrected chi connectivity index (χ4v) is 5.16. The summed E-state index contributed by atoms with van der Waals surface area (Å²) < 4.78 is 1.64. The van der Waals surface area contributed by atoms with E-state index in [1.165, 1.54) is 6.33 Å². The summed E-state index contributed by atoms with van der Waals surface area (Å²) in [6.07, 6.45) is 6.92. The zero-order valence-electron chi connectivity index (χ0n) is 19.8. The Morgan fingerprint density at radius 2 is 1.97 bits per heavy atom. The Kier molecular flexibility index (Phi) is 7.26. The van der Waals surface area contributed by atoms with E-state index in [1.807, 2.05) is 31.2 Å². The monoisotopic (exact) mass is 485 g/mol. The summed E-state index contributed by atoms with van der Waals surface area (Å²) in [6.45, 7) is 4.82. The van der Waals surface area contributed by atoms with Crippen molar-refractivity contribution in [2.75, 3.05) is 13.1 Å². The number of carbonyl (C=O) groups is 3. The molecule has 1 saturated carbocycles. The van der Waals surface area contributed by atoms with Crippen LogP contribution in [0.25, 0.3) is 0 Å². The second-order valence-corrected chi connectivity index (χ2v) is 9.76. The minimum Gasteiger partial charge on any atom is -0.351 e. The molecule has 2 aliphatic rings. The smallest absolute Gasteiger partial charge is 0.273 e. The number of benzene rings is 1. The standard InChI is InChI=1S/C25H32ClN5O3/c1-3-14-31-23(33)21-20(22(32)27-13-12-17-8-4-7-11-19(17)26)28-16-30(21)15-25(31,2)24(34)29-18-9-5-6-10-18/h4,7-8,11,16,18H,3,5-6,9-10,12-15H2,1-2H3,(H,27,32)(H,29,34). The van der Waals surface area contributed by atoms with Crippen molar-refractivity contribution in [3.63, 3.8) is 0 Å². The van der Waals surface area contributed by atoms with E-state index in [1.54, 1.807) is 16.4 Å². The first-order valence-electron chi connectivity index (χ1n) is 12.0. The molecule has 8 nitrogen and oxygen atoms in total. The van der Waals surface area contributed by atoms with Gasteiger partial charge in [0.1, 0.15) is 11.2 Å². The third-order valence-corrected chi connectivity index (χ3v) is 7.21. The van der Waals surface area contributed by atoms with E-state index in [0.29, 0.717) is 31.0 Å². The number of halogens is 1. The maximum absolute atomic E-state index is 13.6. The zero-order chi connectivity index (χ0) is 24.3. The van der Waals surface area contributed by atoms with E-state index < -0.39 is 11.4 Å². The zero-order valence-corrected chi connectivity index (χ0v) is 20.5. The van der Waals surface area contributed by atoms with Gasteiger partial charge in [0.25, 0.3) is 11.8 Å². The van der Waals surface area contributed by atoms with Crippen LogP contribution in [-0.4, -0.2) is 56.8 Å². The molecular weight excluding hydrogens is 454 g/mol. The number of aromatic nitrogens is 2. The molecule has 182 valence electrons.